The summed E-state index contributed by atoms with van der Waals surface area (Å²) in [6, 6.07) is 3.71. The lowest BCUT2D eigenvalue weighted by Gasteiger charge is -2.29. The first-order valence-electron chi connectivity index (χ1n) is 7.57. The molecule has 2 heterocycles. The van der Waals surface area contributed by atoms with Crippen LogP contribution in [0.15, 0.2) is 12.1 Å². The number of aromatic nitrogens is 1. The van der Waals surface area contributed by atoms with Crippen molar-refractivity contribution in [3.63, 3.8) is 0 Å². The van der Waals surface area contributed by atoms with Crippen molar-refractivity contribution in [2.45, 2.75) is 19.8 Å². The third-order valence-electron chi connectivity index (χ3n) is 4.27. The van der Waals surface area contributed by atoms with E-state index in [1.807, 2.05) is 19.1 Å². The number of piperidine rings is 1. The van der Waals surface area contributed by atoms with Crippen LogP contribution in [0.4, 0.5) is 5.13 Å². The van der Waals surface area contributed by atoms with Gasteiger partial charge in [-0.15, -0.1) is 0 Å². The van der Waals surface area contributed by atoms with Crippen LogP contribution in [0, 0.1) is 12.8 Å². The summed E-state index contributed by atoms with van der Waals surface area (Å²) in [7, 11) is -3.18. The van der Waals surface area contributed by atoms with Crippen molar-refractivity contribution in [2.75, 3.05) is 24.7 Å². The summed E-state index contributed by atoms with van der Waals surface area (Å²) in [6.45, 7) is 2.66. The summed E-state index contributed by atoms with van der Waals surface area (Å²) in [5.74, 6) is -0.300. The molecule has 1 aliphatic rings. The predicted molar refractivity (Wildman–Crippen MR) is 97.1 cm³/mol. The van der Waals surface area contributed by atoms with Crippen molar-refractivity contribution in [1.82, 2.24) is 9.29 Å². The number of thiazole rings is 1. The minimum Gasteiger partial charge on any atom is -0.302 e. The van der Waals surface area contributed by atoms with Gasteiger partial charge in [0.25, 0.3) is 0 Å². The van der Waals surface area contributed by atoms with E-state index >= 15 is 0 Å². The van der Waals surface area contributed by atoms with E-state index in [1.165, 1.54) is 21.9 Å². The van der Waals surface area contributed by atoms with Gasteiger partial charge in [-0.3, -0.25) is 4.79 Å². The molecule has 0 spiro atoms. The van der Waals surface area contributed by atoms with E-state index in [0.29, 0.717) is 36.1 Å². The number of nitrogens with one attached hydrogen (secondary N) is 1. The molecule has 0 radical (unpaired) electrons. The first-order chi connectivity index (χ1) is 11.3. The fourth-order valence-corrected chi connectivity index (χ4v) is 4.77. The number of anilines is 1. The molecule has 1 amide bonds. The number of aryl methyl sites for hydroxylation is 1. The molecule has 1 N–H and O–H groups in total. The van der Waals surface area contributed by atoms with Crippen molar-refractivity contribution in [3.8, 4) is 0 Å². The number of amides is 1. The van der Waals surface area contributed by atoms with Crippen LogP contribution in [0.3, 0.4) is 0 Å². The lowest BCUT2D eigenvalue weighted by molar-refractivity contribution is -0.120. The van der Waals surface area contributed by atoms with E-state index < -0.39 is 10.0 Å². The van der Waals surface area contributed by atoms with Gasteiger partial charge in [-0.2, -0.15) is 0 Å². The second-order valence-electron chi connectivity index (χ2n) is 5.96. The highest BCUT2D eigenvalue weighted by atomic mass is 35.5. The molecule has 0 aliphatic carbocycles. The second-order valence-corrected chi connectivity index (χ2v) is 9.38. The Balaban J connectivity index is 1.69. The van der Waals surface area contributed by atoms with Crippen LogP contribution in [0.2, 0.25) is 5.02 Å². The van der Waals surface area contributed by atoms with E-state index in [-0.39, 0.29) is 11.8 Å². The quantitative estimate of drug-likeness (QED) is 0.878. The maximum Gasteiger partial charge on any atom is 0.229 e. The molecule has 1 aliphatic heterocycles. The highest BCUT2D eigenvalue weighted by Gasteiger charge is 2.29. The van der Waals surface area contributed by atoms with Gasteiger partial charge in [-0.05, 0) is 37.5 Å². The molecule has 1 aromatic heterocycles. The van der Waals surface area contributed by atoms with Gasteiger partial charge in [0.1, 0.15) is 0 Å². The van der Waals surface area contributed by atoms with Crippen LogP contribution in [-0.2, 0) is 14.8 Å². The van der Waals surface area contributed by atoms with E-state index in [4.69, 9.17) is 11.6 Å². The van der Waals surface area contributed by atoms with Crippen molar-refractivity contribution in [2.24, 2.45) is 5.92 Å². The van der Waals surface area contributed by atoms with Crippen LogP contribution in [-0.4, -0.2) is 43.0 Å². The van der Waals surface area contributed by atoms with Crippen molar-refractivity contribution < 1.29 is 13.2 Å². The topological polar surface area (TPSA) is 79.4 Å². The third kappa shape index (κ3) is 3.56. The summed E-state index contributed by atoms with van der Waals surface area (Å²) in [5, 5.41) is 4.06. The van der Waals surface area contributed by atoms with Crippen molar-refractivity contribution in [3.05, 3.63) is 22.7 Å². The Morgan fingerprint density at radius 3 is 2.67 bits per heavy atom. The molecule has 1 saturated heterocycles. The largest absolute Gasteiger partial charge is 0.302 e. The van der Waals surface area contributed by atoms with E-state index in [0.717, 1.165) is 15.8 Å². The van der Waals surface area contributed by atoms with E-state index in [2.05, 4.69) is 10.3 Å². The third-order valence-corrected chi connectivity index (χ3v) is 6.92. The van der Waals surface area contributed by atoms with E-state index in [9.17, 15) is 13.2 Å². The summed E-state index contributed by atoms with van der Waals surface area (Å²) in [5.41, 5.74) is 1.70. The average molecular weight is 388 g/mol. The summed E-state index contributed by atoms with van der Waals surface area (Å²) in [6.07, 6.45) is 2.24. The first kappa shape index (κ1) is 17.6. The van der Waals surface area contributed by atoms with Gasteiger partial charge < -0.3 is 5.32 Å². The van der Waals surface area contributed by atoms with Crippen molar-refractivity contribution >= 4 is 54.2 Å². The summed E-state index contributed by atoms with van der Waals surface area (Å²) < 4.78 is 25.4. The highest BCUT2D eigenvalue weighted by Crippen LogP contribution is 2.32. The predicted octanol–water partition coefficient (Wildman–Crippen LogP) is 2.87. The second kappa shape index (κ2) is 6.59. The molecule has 1 aromatic carbocycles. The zero-order chi connectivity index (χ0) is 17.5. The zero-order valence-corrected chi connectivity index (χ0v) is 15.8. The van der Waals surface area contributed by atoms with Gasteiger partial charge in [-0.1, -0.05) is 22.9 Å². The molecule has 130 valence electrons. The standard InChI is InChI=1S/C15H18ClN3O3S2/c1-9-11(16)3-4-12-13(9)17-15(23-12)18-14(20)10-5-7-19(8-6-10)24(2,21)22/h3-4,10H,5-8H2,1-2H3,(H,17,18,20). The minimum absolute atomic E-state index is 0.106. The van der Waals surface area contributed by atoms with Gasteiger partial charge in [0, 0.05) is 24.0 Å². The Morgan fingerprint density at radius 1 is 1.38 bits per heavy atom. The fourth-order valence-electron chi connectivity index (χ4n) is 2.81. The maximum absolute atomic E-state index is 12.4. The summed E-state index contributed by atoms with van der Waals surface area (Å²) in [4.78, 5) is 16.9. The Labute approximate surface area is 149 Å². The fraction of sp³-hybridized carbons (Fsp3) is 0.467. The smallest absolute Gasteiger partial charge is 0.229 e. The molecule has 1 fully saturated rings. The van der Waals surface area contributed by atoms with Crippen LogP contribution < -0.4 is 5.32 Å². The molecule has 3 rings (SSSR count). The van der Waals surface area contributed by atoms with Gasteiger partial charge in [0.2, 0.25) is 15.9 Å². The molecule has 2 aromatic rings. The van der Waals surface area contributed by atoms with Crippen LogP contribution >= 0.6 is 22.9 Å². The lowest BCUT2D eigenvalue weighted by Crippen LogP contribution is -2.40. The molecular formula is C15H18ClN3O3S2. The molecule has 0 saturated carbocycles. The van der Waals surface area contributed by atoms with Crippen molar-refractivity contribution in [1.29, 1.82) is 0 Å². The minimum atomic E-state index is -3.18. The Morgan fingerprint density at radius 2 is 2.04 bits per heavy atom. The highest BCUT2D eigenvalue weighted by molar-refractivity contribution is 7.88. The van der Waals surface area contributed by atoms with E-state index in [1.54, 1.807) is 0 Å². The number of carbonyl (C=O) groups excluding carboxylic acids is 1. The number of halogens is 1. The van der Waals surface area contributed by atoms with Crippen LogP contribution in [0.5, 0.6) is 0 Å². The number of carbonyl (C=O) groups is 1. The van der Waals surface area contributed by atoms with Crippen LogP contribution in [0.1, 0.15) is 18.4 Å². The molecule has 6 nitrogen and oxygen atoms in total. The Bertz CT molecular complexity index is 887. The molecular weight excluding hydrogens is 370 g/mol. The lowest BCUT2D eigenvalue weighted by atomic mass is 9.97. The van der Waals surface area contributed by atoms with Gasteiger partial charge >= 0.3 is 0 Å². The van der Waals surface area contributed by atoms with Gasteiger partial charge in [0.15, 0.2) is 5.13 Å². The number of nitrogens with zero attached hydrogens (tertiary/aromatic N) is 2. The van der Waals surface area contributed by atoms with Crippen LogP contribution in [0.25, 0.3) is 10.2 Å². The molecule has 0 atom stereocenters. The normalized spacial score (nSPS) is 17.3. The SMILES string of the molecule is Cc1c(Cl)ccc2sc(NC(=O)C3CCN(S(C)(=O)=O)CC3)nc12. The number of benzene rings is 1. The molecule has 9 heteroatoms. The Kier molecular flexibility index (Phi) is 4.83. The number of rotatable bonds is 3. The Hall–Kier alpha value is -1.22. The maximum atomic E-state index is 12.4. The van der Waals surface area contributed by atoms with Gasteiger partial charge in [0.05, 0.1) is 16.5 Å². The number of sulfonamides is 1. The number of hydrogen-bond donors (Lipinski definition) is 1. The molecule has 0 bridgehead atoms. The monoisotopic (exact) mass is 387 g/mol. The molecule has 0 unspecified atom stereocenters. The average Bonchev–Trinajstić information content (AvgIpc) is 2.94. The molecule has 24 heavy (non-hydrogen) atoms. The zero-order valence-electron chi connectivity index (χ0n) is 13.4. The van der Waals surface area contributed by atoms with Gasteiger partial charge in [-0.25, -0.2) is 17.7 Å². The first-order valence-corrected chi connectivity index (χ1v) is 10.6. The number of fused-ring (bicyclic) bond motifs is 1. The number of hydrogen-bond acceptors (Lipinski definition) is 5. The summed E-state index contributed by atoms with van der Waals surface area (Å²) >= 11 is 7.51.